The van der Waals surface area contributed by atoms with E-state index in [0.29, 0.717) is 6.54 Å². The predicted molar refractivity (Wildman–Crippen MR) is 75.5 cm³/mol. The monoisotopic (exact) mass is 246 g/mol. The molecule has 0 spiro atoms. The zero-order valence-corrected chi connectivity index (χ0v) is 11.2. The maximum absolute atomic E-state index is 10.1. The molecule has 1 heterocycles. The Morgan fingerprint density at radius 3 is 2.89 bits per heavy atom. The largest absolute Gasteiger partial charge is 0.389 e. The Balaban J connectivity index is 1.94. The molecule has 1 atom stereocenters. The first kappa shape index (κ1) is 13.1. The smallest absolute Gasteiger partial charge is 0.0743 e. The number of aliphatic hydroxyl groups is 1. The van der Waals surface area contributed by atoms with E-state index in [9.17, 15) is 5.11 Å². The van der Waals surface area contributed by atoms with Crippen LogP contribution in [0.4, 0.5) is 0 Å². The quantitative estimate of drug-likeness (QED) is 0.734. The molecule has 0 bridgehead atoms. The van der Waals surface area contributed by atoms with Crippen molar-refractivity contribution in [2.75, 3.05) is 6.54 Å². The van der Waals surface area contributed by atoms with Crippen molar-refractivity contribution >= 4 is 10.9 Å². The van der Waals surface area contributed by atoms with Crippen molar-refractivity contribution in [2.45, 2.75) is 38.8 Å². The van der Waals surface area contributed by atoms with Crippen LogP contribution in [-0.4, -0.2) is 22.2 Å². The summed E-state index contributed by atoms with van der Waals surface area (Å²) in [6, 6.07) is 8.27. The third kappa shape index (κ3) is 3.12. The molecule has 0 amide bonds. The first-order chi connectivity index (χ1) is 8.62. The molecule has 3 N–H and O–H groups in total. The Morgan fingerprint density at radius 2 is 2.11 bits per heavy atom. The number of H-pyrrole nitrogens is 1. The lowest BCUT2D eigenvalue weighted by Gasteiger charge is -2.22. The van der Waals surface area contributed by atoms with E-state index < -0.39 is 5.60 Å². The van der Waals surface area contributed by atoms with Gasteiger partial charge in [-0.1, -0.05) is 31.5 Å². The fraction of sp³-hybridized carbons (Fsp3) is 0.467. The van der Waals surface area contributed by atoms with E-state index in [1.165, 1.54) is 10.9 Å². The van der Waals surface area contributed by atoms with Gasteiger partial charge in [-0.25, -0.2) is 0 Å². The lowest BCUT2D eigenvalue weighted by atomic mass is 10.0. The van der Waals surface area contributed by atoms with E-state index in [0.717, 1.165) is 24.9 Å². The van der Waals surface area contributed by atoms with Crippen LogP contribution in [0.15, 0.2) is 30.5 Å². The SMILES string of the molecule is CCCC(C)(O)CNCc1c[nH]c2ccccc12. The summed E-state index contributed by atoms with van der Waals surface area (Å²) in [7, 11) is 0. The van der Waals surface area contributed by atoms with Crippen LogP contribution < -0.4 is 5.32 Å². The summed E-state index contributed by atoms with van der Waals surface area (Å²) in [5.74, 6) is 0. The fourth-order valence-corrected chi connectivity index (χ4v) is 2.37. The molecule has 0 fully saturated rings. The molecule has 0 aliphatic rings. The minimum atomic E-state index is -0.610. The zero-order chi connectivity index (χ0) is 13.0. The highest BCUT2D eigenvalue weighted by atomic mass is 16.3. The molecular weight excluding hydrogens is 224 g/mol. The van der Waals surface area contributed by atoms with Gasteiger partial charge in [0.1, 0.15) is 0 Å². The van der Waals surface area contributed by atoms with Crippen LogP contribution in [0.3, 0.4) is 0 Å². The highest BCUT2D eigenvalue weighted by molar-refractivity contribution is 5.82. The minimum Gasteiger partial charge on any atom is -0.389 e. The second-order valence-electron chi connectivity index (χ2n) is 5.21. The maximum Gasteiger partial charge on any atom is 0.0743 e. The van der Waals surface area contributed by atoms with E-state index in [4.69, 9.17) is 0 Å². The van der Waals surface area contributed by atoms with Crippen molar-refractivity contribution in [3.05, 3.63) is 36.0 Å². The van der Waals surface area contributed by atoms with Crippen molar-refractivity contribution in [1.82, 2.24) is 10.3 Å². The molecule has 18 heavy (non-hydrogen) atoms. The Morgan fingerprint density at radius 1 is 1.33 bits per heavy atom. The molecule has 98 valence electrons. The van der Waals surface area contributed by atoms with Gasteiger partial charge in [0.25, 0.3) is 0 Å². The van der Waals surface area contributed by atoms with Gasteiger partial charge >= 0.3 is 0 Å². The van der Waals surface area contributed by atoms with Crippen LogP contribution in [0.25, 0.3) is 10.9 Å². The van der Waals surface area contributed by atoms with Crippen LogP contribution in [0.1, 0.15) is 32.3 Å². The third-order valence-electron chi connectivity index (χ3n) is 3.28. The predicted octanol–water partition coefficient (Wildman–Crippen LogP) is 2.81. The van der Waals surface area contributed by atoms with Crippen LogP contribution in [0.5, 0.6) is 0 Å². The van der Waals surface area contributed by atoms with Gasteiger partial charge in [0, 0.05) is 30.2 Å². The molecule has 0 saturated carbocycles. The number of aromatic nitrogens is 1. The van der Waals surface area contributed by atoms with Gasteiger partial charge in [-0.05, 0) is 25.0 Å². The molecule has 0 saturated heterocycles. The molecule has 3 heteroatoms. The molecule has 1 aromatic carbocycles. The van der Waals surface area contributed by atoms with Gasteiger partial charge in [-0.2, -0.15) is 0 Å². The fourth-order valence-electron chi connectivity index (χ4n) is 2.37. The minimum absolute atomic E-state index is 0.610. The van der Waals surface area contributed by atoms with Crippen molar-refractivity contribution in [3.8, 4) is 0 Å². The third-order valence-corrected chi connectivity index (χ3v) is 3.28. The topological polar surface area (TPSA) is 48.0 Å². The van der Waals surface area contributed by atoms with Gasteiger partial charge in [-0.15, -0.1) is 0 Å². The van der Waals surface area contributed by atoms with Crippen LogP contribution >= 0.6 is 0 Å². The average molecular weight is 246 g/mol. The molecule has 0 aliphatic carbocycles. The van der Waals surface area contributed by atoms with Gasteiger partial charge < -0.3 is 15.4 Å². The molecular formula is C15H22N2O. The number of fused-ring (bicyclic) bond motifs is 1. The first-order valence-electron chi connectivity index (χ1n) is 6.60. The Labute approximate surface area is 108 Å². The number of rotatable bonds is 6. The second-order valence-corrected chi connectivity index (χ2v) is 5.21. The van der Waals surface area contributed by atoms with Crippen LogP contribution in [0.2, 0.25) is 0 Å². The molecule has 2 rings (SSSR count). The van der Waals surface area contributed by atoms with Gasteiger partial charge in [-0.3, -0.25) is 0 Å². The average Bonchev–Trinajstić information content (AvgIpc) is 2.73. The number of nitrogens with one attached hydrogen (secondary N) is 2. The van der Waals surface area contributed by atoms with Gasteiger partial charge in [0.2, 0.25) is 0 Å². The van der Waals surface area contributed by atoms with Gasteiger partial charge in [0.05, 0.1) is 5.60 Å². The summed E-state index contributed by atoms with van der Waals surface area (Å²) in [4.78, 5) is 3.26. The van der Waals surface area contributed by atoms with E-state index in [2.05, 4.69) is 29.4 Å². The van der Waals surface area contributed by atoms with E-state index in [1.807, 2.05) is 25.3 Å². The maximum atomic E-state index is 10.1. The molecule has 2 aromatic rings. The summed E-state index contributed by atoms with van der Waals surface area (Å²) < 4.78 is 0. The summed E-state index contributed by atoms with van der Waals surface area (Å²) in [6.45, 7) is 5.39. The van der Waals surface area contributed by atoms with Crippen molar-refractivity contribution in [2.24, 2.45) is 0 Å². The highest BCUT2D eigenvalue weighted by Gasteiger charge is 2.18. The Hall–Kier alpha value is -1.32. The van der Waals surface area contributed by atoms with Gasteiger partial charge in [0.15, 0.2) is 0 Å². The van der Waals surface area contributed by atoms with E-state index in [1.54, 1.807) is 0 Å². The summed E-state index contributed by atoms with van der Waals surface area (Å²) in [5, 5.41) is 14.7. The van der Waals surface area contributed by atoms with Crippen LogP contribution in [-0.2, 0) is 6.54 Å². The number of hydrogen-bond acceptors (Lipinski definition) is 2. The molecule has 0 aliphatic heterocycles. The molecule has 0 radical (unpaired) electrons. The lowest BCUT2D eigenvalue weighted by Crippen LogP contribution is -2.37. The second kappa shape index (κ2) is 5.55. The Kier molecular flexibility index (Phi) is 4.04. The van der Waals surface area contributed by atoms with E-state index >= 15 is 0 Å². The summed E-state index contributed by atoms with van der Waals surface area (Å²) in [5.41, 5.74) is 1.80. The number of para-hydroxylation sites is 1. The van der Waals surface area contributed by atoms with Crippen molar-refractivity contribution < 1.29 is 5.11 Å². The number of aromatic amines is 1. The van der Waals surface area contributed by atoms with E-state index in [-0.39, 0.29) is 0 Å². The zero-order valence-electron chi connectivity index (χ0n) is 11.2. The molecule has 3 nitrogen and oxygen atoms in total. The lowest BCUT2D eigenvalue weighted by molar-refractivity contribution is 0.0498. The van der Waals surface area contributed by atoms with Crippen molar-refractivity contribution in [1.29, 1.82) is 0 Å². The molecule has 1 aromatic heterocycles. The highest BCUT2D eigenvalue weighted by Crippen LogP contribution is 2.17. The summed E-state index contributed by atoms with van der Waals surface area (Å²) in [6.07, 6.45) is 3.86. The van der Waals surface area contributed by atoms with Crippen molar-refractivity contribution in [3.63, 3.8) is 0 Å². The summed E-state index contributed by atoms with van der Waals surface area (Å²) >= 11 is 0. The normalized spacial score (nSPS) is 14.8. The standard InChI is InChI=1S/C15H22N2O/c1-3-8-15(2,18)11-16-9-12-10-17-14-7-5-4-6-13(12)14/h4-7,10,16-18H,3,8-9,11H2,1-2H3. The first-order valence-corrected chi connectivity index (χ1v) is 6.60. The number of hydrogen-bond donors (Lipinski definition) is 3. The Bertz CT molecular complexity index is 502. The molecule has 1 unspecified atom stereocenters. The van der Waals surface area contributed by atoms with Crippen LogP contribution in [0, 0.1) is 0 Å². The number of benzene rings is 1.